The molecule has 1 N–H and O–H groups in total. The summed E-state index contributed by atoms with van der Waals surface area (Å²) in [5.41, 5.74) is 2.52. The largest absolute Gasteiger partial charge is 0.369 e. The fourth-order valence-corrected chi connectivity index (χ4v) is 3.67. The molecule has 1 aliphatic heterocycles. The van der Waals surface area contributed by atoms with Crippen molar-refractivity contribution in [2.75, 3.05) is 37.6 Å². The number of hydrogen-bond donors (Lipinski definition) is 1. The number of nitrogens with one attached hydrogen (secondary N) is 1. The number of piperazine rings is 1. The minimum atomic E-state index is 0.117. The second-order valence-corrected chi connectivity index (χ2v) is 6.90. The van der Waals surface area contributed by atoms with Crippen molar-refractivity contribution in [3.05, 3.63) is 52.2 Å². The summed E-state index contributed by atoms with van der Waals surface area (Å²) >= 11 is 1.70. The summed E-state index contributed by atoms with van der Waals surface area (Å²) in [5, 5.41) is 5.10. The average molecular weight is 329 g/mol. The van der Waals surface area contributed by atoms with Crippen LogP contribution >= 0.6 is 11.3 Å². The maximum Gasteiger partial charge on any atom is 0.234 e. The Kier molecular flexibility index (Phi) is 5.31. The molecule has 4 nitrogen and oxygen atoms in total. The molecule has 1 saturated heterocycles. The van der Waals surface area contributed by atoms with Crippen LogP contribution in [0.4, 0.5) is 5.69 Å². The smallest absolute Gasteiger partial charge is 0.234 e. The standard InChI is InChI=1S/C18H23N3OS/c1-15-7-12-23-17(15)13-19-18(22)14-20-8-10-21(11-9-20)16-5-3-2-4-6-16/h2-7,12H,8-11,13-14H2,1H3,(H,19,22). The zero-order valence-corrected chi connectivity index (χ0v) is 14.3. The third-order valence-electron chi connectivity index (χ3n) is 4.28. The normalized spacial score (nSPS) is 15.6. The zero-order chi connectivity index (χ0) is 16.1. The van der Waals surface area contributed by atoms with Gasteiger partial charge in [-0.1, -0.05) is 18.2 Å². The fourth-order valence-electron chi connectivity index (χ4n) is 2.83. The highest BCUT2D eigenvalue weighted by Gasteiger charge is 2.19. The Morgan fingerprint density at radius 1 is 1.13 bits per heavy atom. The molecular formula is C18H23N3OS. The molecule has 0 unspecified atom stereocenters. The first-order valence-electron chi connectivity index (χ1n) is 8.04. The van der Waals surface area contributed by atoms with Crippen molar-refractivity contribution >= 4 is 22.9 Å². The zero-order valence-electron chi connectivity index (χ0n) is 13.5. The number of rotatable bonds is 5. The fraction of sp³-hybridized carbons (Fsp3) is 0.389. The van der Waals surface area contributed by atoms with E-state index in [2.05, 4.69) is 57.8 Å². The topological polar surface area (TPSA) is 35.6 Å². The summed E-state index contributed by atoms with van der Waals surface area (Å²) in [6, 6.07) is 12.6. The number of carbonyl (C=O) groups excluding carboxylic acids is 1. The van der Waals surface area contributed by atoms with E-state index >= 15 is 0 Å². The van der Waals surface area contributed by atoms with Gasteiger partial charge >= 0.3 is 0 Å². The van der Waals surface area contributed by atoms with Crippen LogP contribution in [0.25, 0.3) is 0 Å². The quantitative estimate of drug-likeness (QED) is 0.915. The maximum absolute atomic E-state index is 12.1. The van der Waals surface area contributed by atoms with Gasteiger partial charge in [0.05, 0.1) is 13.1 Å². The minimum absolute atomic E-state index is 0.117. The van der Waals surface area contributed by atoms with E-state index in [-0.39, 0.29) is 5.91 Å². The minimum Gasteiger partial charge on any atom is -0.369 e. The predicted octanol–water partition coefficient (Wildman–Crippen LogP) is 2.49. The van der Waals surface area contributed by atoms with Gasteiger partial charge in [0.25, 0.3) is 0 Å². The molecule has 23 heavy (non-hydrogen) atoms. The lowest BCUT2D eigenvalue weighted by Gasteiger charge is -2.35. The van der Waals surface area contributed by atoms with Crippen LogP contribution in [0, 0.1) is 6.92 Å². The highest BCUT2D eigenvalue weighted by atomic mass is 32.1. The second kappa shape index (κ2) is 7.62. The van der Waals surface area contributed by atoms with E-state index in [1.54, 1.807) is 11.3 Å². The molecule has 1 aromatic heterocycles. The Morgan fingerprint density at radius 2 is 1.87 bits per heavy atom. The number of hydrogen-bond acceptors (Lipinski definition) is 4. The molecule has 0 radical (unpaired) electrons. The number of thiophene rings is 1. The van der Waals surface area contributed by atoms with Crippen LogP contribution in [0.1, 0.15) is 10.4 Å². The molecule has 1 amide bonds. The summed E-state index contributed by atoms with van der Waals surface area (Å²) in [6.45, 7) is 7.03. The molecule has 1 fully saturated rings. The summed E-state index contributed by atoms with van der Waals surface area (Å²) in [6.07, 6.45) is 0. The SMILES string of the molecule is Cc1ccsc1CNC(=O)CN1CCN(c2ccccc2)CC1. The number of anilines is 1. The Morgan fingerprint density at radius 3 is 2.52 bits per heavy atom. The Balaban J connectivity index is 1.42. The Labute approximate surface area is 141 Å². The number of nitrogens with zero attached hydrogens (tertiary/aromatic N) is 2. The van der Waals surface area contributed by atoms with Gasteiger partial charge in [0.15, 0.2) is 0 Å². The van der Waals surface area contributed by atoms with E-state index in [1.165, 1.54) is 16.1 Å². The van der Waals surface area contributed by atoms with Gasteiger partial charge in [0.2, 0.25) is 5.91 Å². The molecule has 0 saturated carbocycles. The summed E-state index contributed by atoms with van der Waals surface area (Å²) in [7, 11) is 0. The predicted molar refractivity (Wildman–Crippen MR) is 96.0 cm³/mol. The Hall–Kier alpha value is -1.85. The van der Waals surface area contributed by atoms with Gasteiger partial charge in [-0.25, -0.2) is 0 Å². The molecule has 1 aromatic carbocycles. The van der Waals surface area contributed by atoms with E-state index in [0.29, 0.717) is 13.1 Å². The van der Waals surface area contributed by atoms with Gasteiger partial charge in [-0.05, 0) is 36.1 Å². The monoisotopic (exact) mass is 329 g/mol. The second-order valence-electron chi connectivity index (χ2n) is 5.90. The molecule has 5 heteroatoms. The number of amides is 1. The van der Waals surface area contributed by atoms with Gasteiger partial charge in [-0.15, -0.1) is 11.3 Å². The van der Waals surface area contributed by atoms with E-state index in [0.717, 1.165) is 26.2 Å². The number of benzene rings is 1. The van der Waals surface area contributed by atoms with Crippen molar-refractivity contribution in [1.82, 2.24) is 10.2 Å². The number of para-hydroxylation sites is 1. The van der Waals surface area contributed by atoms with E-state index in [9.17, 15) is 4.79 Å². The number of aryl methyl sites for hydroxylation is 1. The van der Waals surface area contributed by atoms with Crippen molar-refractivity contribution in [2.24, 2.45) is 0 Å². The highest BCUT2D eigenvalue weighted by Crippen LogP contribution is 2.16. The van der Waals surface area contributed by atoms with Crippen molar-refractivity contribution in [2.45, 2.75) is 13.5 Å². The maximum atomic E-state index is 12.1. The van der Waals surface area contributed by atoms with Gasteiger partial charge < -0.3 is 10.2 Å². The first kappa shape index (κ1) is 16.0. The van der Waals surface area contributed by atoms with Crippen LogP contribution in [0.15, 0.2) is 41.8 Å². The third-order valence-corrected chi connectivity index (χ3v) is 5.30. The van der Waals surface area contributed by atoms with E-state index in [1.807, 2.05) is 6.07 Å². The van der Waals surface area contributed by atoms with Gasteiger partial charge in [-0.3, -0.25) is 9.69 Å². The van der Waals surface area contributed by atoms with Crippen LogP contribution in [-0.2, 0) is 11.3 Å². The highest BCUT2D eigenvalue weighted by molar-refractivity contribution is 7.10. The lowest BCUT2D eigenvalue weighted by atomic mass is 10.2. The molecule has 0 atom stereocenters. The number of carbonyl (C=O) groups is 1. The first-order chi connectivity index (χ1) is 11.2. The lowest BCUT2D eigenvalue weighted by molar-refractivity contribution is -0.122. The Bertz CT molecular complexity index is 633. The summed E-state index contributed by atoms with van der Waals surface area (Å²) < 4.78 is 0. The van der Waals surface area contributed by atoms with Crippen LogP contribution < -0.4 is 10.2 Å². The van der Waals surface area contributed by atoms with Crippen molar-refractivity contribution < 1.29 is 4.79 Å². The molecule has 0 aliphatic carbocycles. The molecule has 2 aromatic rings. The molecule has 3 rings (SSSR count). The first-order valence-corrected chi connectivity index (χ1v) is 8.92. The van der Waals surface area contributed by atoms with E-state index < -0.39 is 0 Å². The molecule has 2 heterocycles. The lowest BCUT2D eigenvalue weighted by Crippen LogP contribution is -2.49. The molecule has 0 spiro atoms. The van der Waals surface area contributed by atoms with Crippen molar-refractivity contribution in [3.63, 3.8) is 0 Å². The molecule has 122 valence electrons. The summed E-state index contributed by atoms with van der Waals surface area (Å²) in [5.74, 6) is 0.117. The van der Waals surface area contributed by atoms with Gasteiger partial charge in [-0.2, -0.15) is 0 Å². The van der Waals surface area contributed by atoms with Gasteiger partial charge in [0, 0.05) is 36.7 Å². The summed E-state index contributed by atoms with van der Waals surface area (Å²) in [4.78, 5) is 18.0. The van der Waals surface area contributed by atoms with Crippen molar-refractivity contribution in [3.8, 4) is 0 Å². The van der Waals surface area contributed by atoms with E-state index in [4.69, 9.17) is 0 Å². The van der Waals surface area contributed by atoms with Gasteiger partial charge in [0.1, 0.15) is 0 Å². The average Bonchev–Trinajstić information content (AvgIpc) is 3.00. The molecule has 0 bridgehead atoms. The third kappa shape index (κ3) is 4.33. The molecule has 1 aliphatic rings. The van der Waals surface area contributed by atoms with Crippen LogP contribution in [0.2, 0.25) is 0 Å². The van der Waals surface area contributed by atoms with Crippen LogP contribution in [0.5, 0.6) is 0 Å². The van der Waals surface area contributed by atoms with Crippen LogP contribution in [0.3, 0.4) is 0 Å². The van der Waals surface area contributed by atoms with Crippen LogP contribution in [-0.4, -0.2) is 43.5 Å². The van der Waals surface area contributed by atoms with Crippen molar-refractivity contribution in [1.29, 1.82) is 0 Å². The molecular weight excluding hydrogens is 306 g/mol.